The fourth-order valence-electron chi connectivity index (χ4n) is 2.85. The SMILES string of the molecule is CC(C)C(O)CN1CC2CCC1CC2. The Bertz CT molecular complexity index is 185. The molecule has 1 unspecified atom stereocenters. The van der Waals surface area contributed by atoms with Crippen LogP contribution in [0.5, 0.6) is 0 Å². The fraction of sp³-hybridized carbons (Fsp3) is 1.00. The zero-order valence-electron chi connectivity index (χ0n) is 9.45. The van der Waals surface area contributed by atoms with Crippen molar-refractivity contribution in [2.24, 2.45) is 11.8 Å². The number of fused-ring (bicyclic) bond motifs is 3. The van der Waals surface area contributed by atoms with Crippen LogP contribution in [0.25, 0.3) is 0 Å². The predicted molar refractivity (Wildman–Crippen MR) is 58.2 cm³/mol. The second kappa shape index (κ2) is 4.19. The molecule has 0 radical (unpaired) electrons. The maximum Gasteiger partial charge on any atom is 0.0690 e. The van der Waals surface area contributed by atoms with Crippen LogP contribution in [0.15, 0.2) is 0 Å². The van der Waals surface area contributed by atoms with E-state index in [9.17, 15) is 5.11 Å². The maximum absolute atomic E-state index is 9.87. The summed E-state index contributed by atoms with van der Waals surface area (Å²) in [6, 6.07) is 0.786. The van der Waals surface area contributed by atoms with Gasteiger partial charge in [-0.3, -0.25) is 4.90 Å². The van der Waals surface area contributed by atoms with Crippen molar-refractivity contribution < 1.29 is 5.11 Å². The molecule has 82 valence electrons. The van der Waals surface area contributed by atoms with Gasteiger partial charge in [0.2, 0.25) is 0 Å². The van der Waals surface area contributed by atoms with Gasteiger partial charge < -0.3 is 5.11 Å². The molecule has 0 spiro atoms. The summed E-state index contributed by atoms with van der Waals surface area (Å²) in [6.07, 6.45) is 5.47. The highest BCUT2D eigenvalue weighted by Gasteiger charge is 2.34. The van der Waals surface area contributed by atoms with E-state index in [1.54, 1.807) is 0 Å². The Kier molecular flexibility index (Phi) is 3.13. The van der Waals surface area contributed by atoms with E-state index in [0.29, 0.717) is 5.92 Å². The molecule has 2 saturated heterocycles. The number of piperidine rings is 2. The second-order valence-electron chi connectivity index (χ2n) is 5.44. The molecule has 0 aromatic carbocycles. The summed E-state index contributed by atoms with van der Waals surface area (Å²) in [5.41, 5.74) is 0. The van der Waals surface area contributed by atoms with Crippen molar-refractivity contribution >= 4 is 0 Å². The van der Waals surface area contributed by atoms with Crippen LogP contribution in [0.3, 0.4) is 0 Å². The zero-order valence-corrected chi connectivity index (χ0v) is 9.45. The van der Waals surface area contributed by atoms with Crippen molar-refractivity contribution in [3.63, 3.8) is 0 Å². The lowest BCUT2D eigenvalue weighted by molar-refractivity contribution is -0.00172. The van der Waals surface area contributed by atoms with Crippen LogP contribution in [0.4, 0.5) is 0 Å². The Morgan fingerprint density at radius 3 is 2.29 bits per heavy atom. The van der Waals surface area contributed by atoms with E-state index < -0.39 is 0 Å². The maximum atomic E-state index is 9.87. The van der Waals surface area contributed by atoms with E-state index in [4.69, 9.17) is 0 Å². The van der Waals surface area contributed by atoms with Crippen molar-refractivity contribution in [2.75, 3.05) is 13.1 Å². The van der Waals surface area contributed by atoms with E-state index in [2.05, 4.69) is 18.7 Å². The Balaban J connectivity index is 1.86. The highest BCUT2D eigenvalue weighted by molar-refractivity contribution is 4.89. The number of aliphatic hydroxyl groups is 1. The van der Waals surface area contributed by atoms with Crippen molar-refractivity contribution in [2.45, 2.75) is 51.7 Å². The van der Waals surface area contributed by atoms with Crippen LogP contribution in [-0.4, -0.2) is 35.2 Å². The first-order chi connectivity index (χ1) is 6.66. The molecule has 0 aromatic rings. The van der Waals surface area contributed by atoms with Gasteiger partial charge in [-0.25, -0.2) is 0 Å². The first-order valence-corrected chi connectivity index (χ1v) is 6.09. The summed E-state index contributed by atoms with van der Waals surface area (Å²) in [5, 5.41) is 9.87. The van der Waals surface area contributed by atoms with E-state index in [1.165, 1.54) is 32.2 Å². The third-order valence-corrected chi connectivity index (χ3v) is 4.02. The highest BCUT2D eigenvalue weighted by atomic mass is 16.3. The molecule has 3 aliphatic rings. The highest BCUT2D eigenvalue weighted by Crippen LogP contribution is 2.34. The van der Waals surface area contributed by atoms with Crippen LogP contribution in [-0.2, 0) is 0 Å². The number of nitrogens with zero attached hydrogens (tertiary/aromatic N) is 1. The summed E-state index contributed by atoms with van der Waals surface area (Å²) in [5.74, 6) is 1.33. The average Bonchev–Trinajstić information content (AvgIpc) is 2.19. The van der Waals surface area contributed by atoms with Gasteiger partial charge in [0.25, 0.3) is 0 Å². The molecule has 1 N–H and O–H groups in total. The summed E-state index contributed by atoms with van der Waals surface area (Å²) in [7, 11) is 0. The molecule has 2 nitrogen and oxygen atoms in total. The van der Waals surface area contributed by atoms with Gasteiger partial charge in [0.05, 0.1) is 6.10 Å². The summed E-state index contributed by atoms with van der Waals surface area (Å²) < 4.78 is 0. The van der Waals surface area contributed by atoms with Crippen LogP contribution < -0.4 is 0 Å². The monoisotopic (exact) mass is 197 g/mol. The molecule has 3 rings (SSSR count). The van der Waals surface area contributed by atoms with Gasteiger partial charge in [-0.05, 0) is 37.5 Å². The summed E-state index contributed by atoms with van der Waals surface area (Å²) in [6.45, 7) is 6.35. The van der Waals surface area contributed by atoms with Crippen LogP contribution in [0.1, 0.15) is 39.5 Å². The molecule has 2 aliphatic heterocycles. The van der Waals surface area contributed by atoms with E-state index >= 15 is 0 Å². The lowest BCUT2D eigenvalue weighted by atomic mass is 9.79. The number of aliphatic hydroxyl groups excluding tert-OH is 1. The predicted octanol–water partition coefficient (Wildman–Crippen LogP) is 1.88. The van der Waals surface area contributed by atoms with Crippen LogP contribution in [0.2, 0.25) is 0 Å². The van der Waals surface area contributed by atoms with Crippen LogP contribution >= 0.6 is 0 Å². The molecular weight excluding hydrogens is 174 g/mol. The van der Waals surface area contributed by atoms with Crippen molar-refractivity contribution in [1.82, 2.24) is 4.90 Å². The molecule has 3 fully saturated rings. The van der Waals surface area contributed by atoms with E-state index in [0.717, 1.165) is 18.5 Å². The second-order valence-corrected chi connectivity index (χ2v) is 5.44. The van der Waals surface area contributed by atoms with E-state index in [-0.39, 0.29) is 6.10 Å². The molecule has 1 atom stereocenters. The Labute approximate surface area is 87.3 Å². The molecule has 14 heavy (non-hydrogen) atoms. The molecule has 2 heterocycles. The Morgan fingerprint density at radius 1 is 1.21 bits per heavy atom. The minimum absolute atomic E-state index is 0.130. The molecule has 2 bridgehead atoms. The molecule has 2 heteroatoms. The topological polar surface area (TPSA) is 23.5 Å². The van der Waals surface area contributed by atoms with Crippen LogP contribution in [0, 0.1) is 11.8 Å². The Hall–Kier alpha value is -0.0800. The normalized spacial score (nSPS) is 35.1. The zero-order chi connectivity index (χ0) is 10.1. The molecule has 0 amide bonds. The lowest BCUT2D eigenvalue weighted by Crippen LogP contribution is -2.51. The van der Waals surface area contributed by atoms with Crippen molar-refractivity contribution in [3.8, 4) is 0 Å². The van der Waals surface area contributed by atoms with Crippen molar-refractivity contribution in [3.05, 3.63) is 0 Å². The standard InChI is InChI=1S/C12H23NO/c1-9(2)12(14)8-13-7-10-3-5-11(13)6-4-10/h9-12,14H,3-8H2,1-2H3. The summed E-state index contributed by atoms with van der Waals surface area (Å²) in [4.78, 5) is 2.53. The number of hydrogen-bond acceptors (Lipinski definition) is 2. The molecule has 0 aromatic heterocycles. The first kappa shape index (κ1) is 10.4. The minimum Gasteiger partial charge on any atom is -0.392 e. The van der Waals surface area contributed by atoms with Gasteiger partial charge in [0, 0.05) is 19.1 Å². The smallest absolute Gasteiger partial charge is 0.0690 e. The van der Waals surface area contributed by atoms with Gasteiger partial charge in [-0.15, -0.1) is 0 Å². The number of rotatable bonds is 3. The number of hydrogen-bond donors (Lipinski definition) is 1. The van der Waals surface area contributed by atoms with Gasteiger partial charge in [-0.2, -0.15) is 0 Å². The van der Waals surface area contributed by atoms with Gasteiger partial charge in [0.15, 0.2) is 0 Å². The first-order valence-electron chi connectivity index (χ1n) is 6.09. The molecule has 1 aliphatic carbocycles. The fourth-order valence-corrected chi connectivity index (χ4v) is 2.85. The van der Waals surface area contributed by atoms with Crippen molar-refractivity contribution in [1.29, 1.82) is 0 Å². The van der Waals surface area contributed by atoms with E-state index in [1.807, 2.05) is 0 Å². The lowest BCUT2D eigenvalue weighted by Gasteiger charge is -2.46. The molecule has 1 saturated carbocycles. The average molecular weight is 197 g/mol. The largest absolute Gasteiger partial charge is 0.392 e. The van der Waals surface area contributed by atoms with Gasteiger partial charge in [-0.1, -0.05) is 13.8 Å². The quantitative estimate of drug-likeness (QED) is 0.746. The molecular formula is C12H23NO. The summed E-state index contributed by atoms with van der Waals surface area (Å²) >= 11 is 0. The van der Waals surface area contributed by atoms with Gasteiger partial charge in [0.1, 0.15) is 0 Å². The third-order valence-electron chi connectivity index (χ3n) is 4.02. The third kappa shape index (κ3) is 2.12. The minimum atomic E-state index is -0.130. The van der Waals surface area contributed by atoms with Gasteiger partial charge >= 0.3 is 0 Å². The Morgan fingerprint density at radius 2 is 1.86 bits per heavy atom.